The van der Waals surface area contributed by atoms with E-state index in [0.717, 1.165) is 0 Å². The van der Waals surface area contributed by atoms with Crippen LogP contribution in [0.1, 0.15) is 13.8 Å². The maximum Gasteiger partial charge on any atom is 0.00106 e. The molecule has 1 rings (SSSR count). The summed E-state index contributed by atoms with van der Waals surface area (Å²) in [5, 5.41) is 0. The van der Waals surface area contributed by atoms with E-state index in [0.29, 0.717) is 5.41 Å². The predicted molar refractivity (Wildman–Crippen MR) is 32.1 cm³/mol. The molecule has 0 nitrogen and oxygen atoms in total. The molecule has 0 spiro atoms. The molecule has 0 atom stereocenters. The first kappa shape index (κ1) is 8.17. The summed E-state index contributed by atoms with van der Waals surface area (Å²) in [6.07, 6.45) is 8.54. The van der Waals surface area contributed by atoms with Crippen LogP contribution in [-0.2, 0) is 21.1 Å². The second-order valence-electron chi connectivity index (χ2n) is 2.54. The van der Waals surface area contributed by atoms with E-state index in [4.69, 9.17) is 0 Å². The molecule has 0 N–H and O–H groups in total. The first-order valence-electron chi connectivity index (χ1n) is 2.58. The fourth-order valence-corrected chi connectivity index (χ4v) is 0.663. The van der Waals surface area contributed by atoms with Gasteiger partial charge in [-0.25, -0.2) is 0 Å². The van der Waals surface area contributed by atoms with Crippen molar-refractivity contribution in [1.82, 2.24) is 0 Å². The van der Waals surface area contributed by atoms with Gasteiger partial charge in [0, 0.05) is 26.5 Å². The Labute approximate surface area is 64.9 Å². The van der Waals surface area contributed by atoms with Crippen LogP contribution < -0.4 is 0 Å². The molecule has 0 fully saturated rings. The zero-order valence-corrected chi connectivity index (χ0v) is 7.40. The number of hydrogen-bond donors (Lipinski definition) is 0. The Bertz CT molecular complexity index is 106. The van der Waals surface area contributed by atoms with Crippen molar-refractivity contribution in [1.29, 1.82) is 0 Å². The van der Waals surface area contributed by atoms with Gasteiger partial charge in [0.1, 0.15) is 0 Å². The van der Waals surface area contributed by atoms with E-state index in [1.165, 1.54) is 0 Å². The van der Waals surface area contributed by atoms with Gasteiger partial charge in [-0.05, 0) is 0 Å². The smallest absolute Gasteiger partial charge is 0.00106 e. The molecule has 0 saturated carbocycles. The molecule has 0 saturated heterocycles. The van der Waals surface area contributed by atoms with E-state index in [9.17, 15) is 0 Å². The van der Waals surface area contributed by atoms with Crippen molar-refractivity contribution in [2.45, 2.75) is 13.8 Å². The van der Waals surface area contributed by atoms with Crippen LogP contribution in [0.2, 0.25) is 0 Å². The third-order valence-corrected chi connectivity index (χ3v) is 1.16. The summed E-state index contributed by atoms with van der Waals surface area (Å²) in [4.78, 5) is 0. The number of rotatable bonds is 0. The Morgan fingerprint density at radius 1 is 1.00 bits per heavy atom. The molecule has 1 aliphatic rings. The molecule has 0 aromatic rings. The minimum Gasteiger partial charge on any atom is -0.0751 e. The minimum absolute atomic E-state index is 0. The predicted octanol–water partition coefficient (Wildman–Crippen LogP) is 2.14. The largest absolute Gasteiger partial charge is 0.0751 e. The van der Waals surface area contributed by atoms with Crippen LogP contribution in [0.25, 0.3) is 0 Å². The molecule has 1 heteroatoms. The molecule has 8 heavy (non-hydrogen) atoms. The van der Waals surface area contributed by atoms with E-state index in [1.807, 2.05) is 0 Å². The molecule has 0 radical (unpaired) electrons. The quantitative estimate of drug-likeness (QED) is 0.641. The van der Waals surface area contributed by atoms with Crippen molar-refractivity contribution in [3.05, 3.63) is 24.3 Å². The second kappa shape index (κ2) is 2.64. The van der Waals surface area contributed by atoms with E-state index in [2.05, 4.69) is 38.2 Å². The van der Waals surface area contributed by atoms with Gasteiger partial charge < -0.3 is 0 Å². The average Bonchev–Trinajstić information content (AvgIpc) is 1.84. The van der Waals surface area contributed by atoms with Gasteiger partial charge in [-0.15, -0.1) is 0 Å². The summed E-state index contributed by atoms with van der Waals surface area (Å²) in [7, 11) is 0. The van der Waals surface area contributed by atoms with Gasteiger partial charge in [-0.1, -0.05) is 38.2 Å². The summed E-state index contributed by atoms with van der Waals surface area (Å²) in [5.41, 5.74) is 0.333. The van der Waals surface area contributed by atoms with Crippen LogP contribution in [0.4, 0.5) is 0 Å². The topological polar surface area (TPSA) is 0 Å². The maximum absolute atomic E-state index is 2.19. The van der Waals surface area contributed by atoms with Crippen LogP contribution in [0.5, 0.6) is 0 Å². The molecule has 0 heterocycles. The Hall–Kier alpha value is 0.168. The van der Waals surface area contributed by atoms with E-state index in [1.54, 1.807) is 0 Å². The average molecular weight is 289 g/mol. The molecule has 48 valence electrons. The van der Waals surface area contributed by atoms with Gasteiger partial charge in [0.15, 0.2) is 0 Å². The van der Waals surface area contributed by atoms with Crippen LogP contribution in [0.15, 0.2) is 24.3 Å². The van der Waals surface area contributed by atoms with E-state index < -0.39 is 0 Å². The standard InChI is InChI=1S/C7H10.Pt/c1-7(2)5-3-4-6-7;/h3-6H,1-2H3;. The number of allylic oxidation sites excluding steroid dienone is 4. The van der Waals surface area contributed by atoms with Gasteiger partial charge in [0.05, 0.1) is 0 Å². The summed E-state index contributed by atoms with van der Waals surface area (Å²) in [6, 6.07) is 0. The Balaban J connectivity index is 0.000000490. The maximum atomic E-state index is 2.19. The first-order valence-corrected chi connectivity index (χ1v) is 2.58. The van der Waals surface area contributed by atoms with Gasteiger partial charge in [-0.2, -0.15) is 0 Å². The van der Waals surface area contributed by atoms with Crippen molar-refractivity contribution in [3.63, 3.8) is 0 Å². The van der Waals surface area contributed by atoms with Crippen LogP contribution in [0, 0.1) is 5.41 Å². The third kappa shape index (κ3) is 1.96. The Morgan fingerprint density at radius 3 is 1.50 bits per heavy atom. The number of hydrogen-bond acceptors (Lipinski definition) is 0. The molecule has 0 aromatic heterocycles. The monoisotopic (exact) mass is 289 g/mol. The van der Waals surface area contributed by atoms with E-state index >= 15 is 0 Å². The molecular formula is C7H10Pt. The Morgan fingerprint density at radius 2 is 1.38 bits per heavy atom. The normalized spacial score (nSPS) is 20.8. The summed E-state index contributed by atoms with van der Waals surface area (Å²) in [6.45, 7) is 4.38. The minimum atomic E-state index is 0. The van der Waals surface area contributed by atoms with Crippen LogP contribution >= 0.6 is 0 Å². The van der Waals surface area contributed by atoms with Crippen molar-refractivity contribution < 1.29 is 21.1 Å². The Kier molecular flexibility index (Phi) is 2.69. The fourth-order valence-electron chi connectivity index (χ4n) is 0.663. The molecule has 0 unspecified atom stereocenters. The van der Waals surface area contributed by atoms with Crippen molar-refractivity contribution >= 4 is 0 Å². The fraction of sp³-hybridized carbons (Fsp3) is 0.429. The second-order valence-corrected chi connectivity index (χ2v) is 2.54. The molecule has 0 aromatic carbocycles. The molecule has 0 bridgehead atoms. The molecule has 1 aliphatic carbocycles. The zero-order chi connectivity index (χ0) is 5.33. The third-order valence-electron chi connectivity index (χ3n) is 1.16. The van der Waals surface area contributed by atoms with Gasteiger partial charge >= 0.3 is 0 Å². The summed E-state index contributed by atoms with van der Waals surface area (Å²) in [5.74, 6) is 0. The van der Waals surface area contributed by atoms with Gasteiger partial charge in [0.25, 0.3) is 0 Å². The molecule has 0 amide bonds. The van der Waals surface area contributed by atoms with Crippen LogP contribution in [0.3, 0.4) is 0 Å². The van der Waals surface area contributed by atoms with Crippen LogP contribution in [-0.4, -0.2) is 0 Å². The van der Waals surface area contributed by atoms with E-state index in [-0.39, 0.29) is 21.1 Å². The first-order chi connectivity index (χ1) is 3.21. The molecule has 0 aliphatic heterocycles. The summed E-state index contributed by atoms with van der Waals surface area (Å²) >= 11 is 0. The molecular weight excluding hydrogens is 279 g/mol. The summed E-state index contributed by atoms with van der Waals surface area (Å²) < 4.78 is 0. The van der Waals surface area contributed by atoms with Crippen molar-refractivity contribution in [2.75, 3.05) is 0 Å². The van der Waals surface area contributed by atoms with Crippen molar-refractivity contribution in [3.8, 4) is 0 Å². The SMILES string of the molecule is CC1(C)C=CC=C1.[Pt]. The van der Waals surface area contributed by atoms with Gasteiger partial charge in [-0.3, -0.25) is 0 Å². The van der Waals surface area contributed by atoms with Gasteiger partial charge in [0.2, 0.25) is 0 Å². The zero-order valence-electron chi connectivity index (χ0n) is 5.13. The van der Waals surface area contributed by atoms with Crippen molar-refractivity contribution in [2.24, 2.45) is 5.41 Å².